The SMILES string of the molecule is NC(=O)[C@@H](CCCNC(N)=N[N+](=O)[O-])NCc1cccs1. The highest BCUT2D eigenvalue weighted by molar-refractivity contribution is 7.09. The first kappa shape index (κ1) is 16.9. The minimum absolute atomic E-state index is 0.262. The Morgan fingerprint density at radius 2 is 2.29 bits per heavy atom. The highest BCUT2D eigenvalue weighted by Gasteiger charge is 2.14. The zero-order chi connectivity index (χ0) is 15.7. The highest BCUT2D eigenvalue weighted by atomic mass is 32.1. The summed E-state index contributed by atoms with van der Waals surface area (Å²) in [6, 6.07) is 3.44. The lowest BCUT2D eigenvalue weighted by Crippen LogP contribution is -2.41. The average Bonchev–Trinajstić information content (AvgIpc) is 2.89. The topological polar surface area (TPSA) is 149 Å². The van der Waals surface area contributed by atoms with Crippen molar-refractivity contribution in [3.63, 3.8) is 0 Å². The highest BCUT2D eigenvalue weighted by Crippen LogP contribution is 2.08. The number of hydrogen-bond acceptors (Lipinski definition) is 5. The van der Waals surface area contributed by atoms with Crippen molar-refractivity contribution in [1.82, 2.24) is 10.6 Å². The number of primary amides is 1. The molecule has 0 aliphatic heterocycles. The second-order valence-electron chi connectivity index (χ2n) is 4.21. The van der Waals surface area contributed by atoms with Gasteiger partial charge in [0.15, 0.2) is 5.03 Å². The first-order valence-corrected chi connectivity index (χ1v) is 7.14. The van der Waals surface area contributed by atoms with Gasteiger partial charge in [0, 0.05) is 18.0 Å². The van der Waals surface area contributed by atoms with E-state index in [-0.39, 0.29) is 5.96 Å². The minimum Gasteiger partial charge on any atom is -0.368 e. The molecule has 9 nitrogen and oxygen atoms in total. The zero-order valence-corrected chi connectivity index (χ0v) is 12.1. The number of amides is 1. The number of guanidine groups is 1. The van der Waals surface area contributed by atoms with E-state index < -0.39 is 17.0 Å². The maximum atomic E-state index is 11.3. The van der Waals surface area contributed by atoms with Crippen molar-refractivity contribution in [2.75, 3.05) is 6.54 Å². The molecular weight excluding hydrogens is 296 g/mol. The summed E-state index contributed by atoms with van der Waals surface area (Å²) < 4.78 is 0. The number of carbonyl (C=O) groups excluding carboxylic acids is 1. The fourth-order valence-corrected chi connectivity index (χ4v) is 2.28. The number of rotatable bonds is 9. The smallest absolute Gasteiger partial charge is 0.266 e. The summed E-state index contributed by atoms with van der Waals surface area (Å²) in [6.07, 6.45) is 1.07. The second-order valence-corrected chi connectivity index (χ2v) is 5.24. The second kappa shape index (κ2) is 8.87. The van der Waals surface area contributed by atoms with Gasteiger partial charge in [-0.15, -0.1) is 11.3 Å². The number of nitrogens with one attached hydrogen (secondary N) is 2. The van der Waals surface area contributed by atoms with Crippen LogP contribution >= 0.6 is 11.3 Å². The van der Waals surface area contributed by atoms with Gasteiger partial charge in [-0.1, -0.05) is 6.07 Å². The lowest BCUT2D eigenvalue weighted by molar-refractivity contribution is -0.485. The van der Waals surface area contributed by atoms with Crippen molar-refractivity contribution in [3.8, 4) is 0 Å². The summed E-state index contributed by atoms with van der Waals surface area (Å²) in [6.45, 7) is 0.942. The molecular formula is C11H18N6O3S. The van der Waals surface area contributed by atoms with Crippen molar-refractivity contribution in [3.05, 3.63) is 32.5 Å². The predicted molar refractivity (Wildman–Crippen MR) is 80.0 cm³/mol. The third-order valence-corrected chi connectivity index (χ3v) is 3.49. The van der Waals surface area contributed by atoms with Crippen molar-refractivity contribution in [2.24, 2.45) is 16.6 Å². The molecule has 1 rings (SSSR count). The maximum Gasteiger partial charge on any atom is 0.266 e. The van der Waals surface area contributed by atoms with Crippen LogP contribution in [0.5, 0.6) is 0 Å². The molecule has 1 aromatic heterocycles. The van der Waals surface area contributed by atoms with Crippen LogP contribution in [0.1, 0.15) is 17.7 Å². The van der Waals surface area contributed by atoms with Gasteiger partial charge in [0.1, 0.15) is 5.10 Å². The van der Waals surface area contributed by atoms with Gasteiger partial charge in [0.25, 0.3) is 5.96 Å². The Morgan fingerprint density at radius 3 is 2.86 bits per heavy atom. The van der Waals surface area contributed by atoms with Gasteiger partial charge >= 0.3 is 0 Å². The minimum atomic E-state index is -0.878. The van der Waals surface area contributed by atoms with Crippen LogP contribution in [0.25, 0.3) is 0 Å². The Bertz CT molecular complexity index is 490. The molecule has 21 heavy (non-hydrogen) atoms. The molecule has 0 saturated carbocycles. The van der Waals surface area contributed by atoms with Gasteiger partial charge in [0.2, 0.25) is 5.91 Å². The maximum absolute atomic E-state index is 11.3. The van der Waals surface area contributed by atoms with Crippen LogP contribution in [0.15, 0.2) is 22.6 Å². The van der Waals surface area contributed by atoms with Crippen LogP contribution < -0.4 is 22.1 Å². The van der Waals surface area contributed by atoms with Gasteiger partial charge in [0.05, 0.1) is 6.04 Å². The van der Waals surface area contributed by atoms with Gasteiger partial charge in [-0.25, -0.2) is 10.1 Å². The lowest BCUT2D eigenvalue weighted by atomic mass is 10.1. The molecule has 1 amide bonds. The summed E-state index contributed by atoms with van der Waals surface area (Å²) in [5.74, 6) is -0.694. The van der Waals surface area contributed by atoms with E-state index >= 15 is 0 Å². The molecule has 116 valence electrons. The molecule has 0 saturated heterocycles. The molecule has 1 aromatic rings. The van der Waals surface area contributed by atoms with Crippen molar-refractivity contribution >= 4 is 23.2 Å². The van der Waals surface area contributed by atoms with Gasteiger partial charge < -0.3 is 22.1 Å². The summed E-state index contributed by atoms with van der Waals surface area (Å²) >= 11 is 1.59. The van der Waals surface area contributed by atoms with E-state index in [0.29, 0.717) is 25.9 Å². The lowest BCUT2D eigenvalue weighted by Gasteiger charge is -2.14. The quantitative estimate of drug-likeness (QED) is 0.160. The molecule has 1 atom stereocenters. The number of nitrogens with zero attached hydrogens (tertiary/aromatic N) is 2. The first-order valence-electron chi connectivity index (χ1n) is 6.26. The molecule has 6 N–H and O–H groups in total. The van der Waals surface area contributed by atoms with Crippen molar-refractivity contribution in [1.29, 1.82) is 0 Å². The van der Waals surface area contributed by atoms with Crippen LogP contribution in [-0.4, -0.2) is 29.5 Å². The molecule has 0 bridgehead atoms. The van der Waals surface area contributed by atoms with Crippen LogP contribution in [-0.2, 0) is 11.3 Å². The molecule has 10 heteroatoms. The monoisotopic (exact) mass is 314 g/mol. The van der Waals surface area contributed by atoms with Crippen molar-refractivity contribution in [2.45, 2.75) is 25.4 Å². The Hall–Kier alpha value is -2.20. The molecule has 0 spiro atoms. The fraction of sp³-hybridized carbons (Fsp3) is 0.455. The van der Waals surface area contributed by atoms with Crippen LogP contribution in [0.2, 0.25) is 0 Å². The number of thiophene rings is 1. The van der Waals surface area contributed by atoms with Gasteiger partial charge in [-0.3, -0.25) is 4.79 Å². The van der Waals surface area contributed by atoms with E-state index in [2.05, 4.69) is 15.7 Å². The fourth-order valence-electron chi connectivity index (χ4n) is 1.63. The first-order chi connectivity index (χ1) is 9.99. The largest absolute Gasteiger partial charge is 0.368 e. The third-order valence-electron chi connectivity index (χ3n) is 2.61. The van der Waals surface area contributed by atoms with E-state index in [1.807, 2.05) is 17.5 Å². The van der Waals surface area contributed by atoms with Gasteiger partial charge in [-0.2, -0.15) is 0 Å². The summed E-state index contributed by atoms with van der Waals surface area (Å²) in [7, 11) is 0. The van der Waals surface area contributed by atoms with Crippen molar-refractivity contribution < 1.29 is 9.83 Å². The van der Waals surface area contributed by atoms with Crippen LogP contribution in [0.4, 0.5) is 0 Å². The number of hydrazone groups is 1. The third kappa shape index (κ3) is 7.22. The van der Waals surface area contributed by atoms with E-state index in [1.54, 1.807) is 11.3 Å². The molecule has 0 unspecified atom stereocenters. The zero-order valence-electron chi connectivity index (χ0n) is 11.3. The Labute approximate surface area is 125 Å². The number of nitro groups is 1. The normalized spacial score (nSPS) is 12.9. The van der Waals surface area contributed by atoms with E-state index in [4.69, 9.17) is 11.5 Å². The molecule has 0 aliphatic rings. The van der Waals surface area contributed by atoms with E-state index in [1.165, 1.54) is 0 Å². The molecule has 1 heterocycles. The molecule has 0 radical (unpaired) electrons. The number of carbonyl (C=O) groups is 1. The van der Waals surface area contributed by atoms with E-state index in [9.17, 15) is 14.9 Å². The van der Waals surface area contributed by atoms with Crippen LogP contribution in [0, 0.1) is 10.1 Å². The molecule has 0 aromatic carbocycles. The number of nitrogens with two attached hydrogens (primary N) is 2. The van der Waals surface area contributed by atoms with Crippen LogP contribution in [0.3, 0.4) is 0 Å². The Balaban J connectivity index is 2.28. The summed E-state index contributed by atoms with van der Waals surface area (Å²) in [4.78, 5) is 22.5. The average molecular weight is 314 g/mol. The van der Waals surface area contributed by atoms with E-state index in [0.717, 1.165) is 4.88 Å². The Morgan fingerprint density at radius 1 is 1.52 bits per heavy atom. The number of hydrogen-bond donors (Lipinski definition) is 4. The summed E-state index contributed by atoms with van der Waals surface area (Å²) in [5.41, 5.74) is 10.6. The molecule has 0 aliphatic carbocycles. The predicted octanol–water partition coefficient (Wildman–Crippen LogP) is -0.432. The Kier molecular flexibility index (Phi) is 7.12. The summed E-state index contributed by atoms with van der Waals surface area (Å²) in [5, 5.41) is 19.7. The van der Waals surface area contributed by atoms with Gasteiger partial charge in [-0.05, 0) is 24.3 Å². The standard InChI is InChI=1S/C11H18N6O3S/c12-10(18)9(15-7-8-3-2-6-21-8)4-1-5-14-11(13)16-17(19)20/h2-3,6,9,15H,1,4-5,7H2,(H2,12,18)(H3,13,14,16)/t9-/m1/s1. The molecule has 0 fully saturated rings.